The van der Waals surface area contributed by atoms with Crippen LogP contribution in [-0.4, -0.2) is 11.1 Å². The van der Waals surface area contributed by atoms with Gasteiger partial charge in [0.05, 0.1) is 10.6 Å². The van der Waals surface area contributed by atoms with Crippen molar-refractivity contribution in [3.05, 3.63) is 88.9 Å². The molecule has 4 nitrogen and oxygen atoms in total. The maximum atomic E-state index is 10.8. The highest BCUT2D eigenvalue weighted by Crippen LogP contribution is 2.31. The van der Waals surface area contributed by atoms with Crippen LogP contribution in [-0.2, 0) is 6.61 Å². The Kier molecular flexibility index (Phi) is 5.21. The fourth-order valence-electron chi connectivity index (χ4n) is 2.20. The second-order valence-corrected chi connectivity index (χ2v) is 5.71. The molecule has 0 heterocycles. The Labute approximate surface area is 150 Å². The van der Waals surface area contributed by atoms with E-state index >= 15 is 0 Å². The van der Waals surface area contributed by atoms with Crippen LogP contribution in [0.2, 0.25) is 5.02 Å². The van der Waals surface area contributed by atoms with E-state index in [0.717, 1.165) is 5.56 Å². The molecule has 0 aromatic heterocycles. The van der Waals surface area contributed by atoms with Gasteiger partial charge in [-0.3, -0.25) is 0 Å². The normalized spacial score (nSPS) is 10.3. The number of aromatic carboxylic acids is 1. The average Bonchev–Trinajstić information content (AvgIpc) is 2.62. The Bertz CT molecular complexity index is 861. The van der Waals surface area contributed by atoms with E-state index in [1.54, 1.807) is 30.3 Å². The first-order valence-corrected chi connectivity index (χ1v) is 7.97. The number of carbonyl (C=O) groups is 1. The van der Waals surface area contributed by atoms with Crippen LogP contribution in [0.4, 0.5) is 0 Å². The number of hydrogen-bond acceptors (Lipinski definition) is 3. The molecule has 0 amide bonds. The topological polar surface area (TPSA) is 55.8 Å². The van der Waals surface area contributed by atoms with E-state index in [1.807, 2.05) is 30.3 Å². The molecule has 0 saturated carbocycles. The smallest absolute Gasteiger partial charge is 0.335 e. The zero-order valence-electron chi connectivity index (χ0n) is 13.2. The molecule has 0 aliphatic heterocycles. The van der Waals surface area contributed by atoms with Gasteiger partial charge in [-0.05, 0) is 42.0 Å². The Morgan fingerprint density at radius 2 is 1.60 bits per heavy atom. The van der Waals surface area contributed by atoms with E-state index in [0.29, 0.717) is 28.9 Å². The second kappa shape index (κ2) is 7.73. The van der Waals surface area contributed by atoms with Crippen molar-refractivity contribution in [2.75, 3.05) is 0 Å². The standard InChI is InChI=1S/C20H15ClO4/c21-18-12-17(25-16-8-6-15(7-9-16)20(22)23)10-11-19(18)24-13-14-4-2-1-3-5-14/h1-12H,13H2,(H,22,23). The fourth-order valence-corrected chi connectivity index (χ4v) is 2.42. The minimum atomic E-state index is -0.977. The Morgan fingerprint density at radius 3 is 2.24 bits per heavy atom. The summed E-state index contributed by atoms with van der Waals surface area (Å²) in [5, 5.41) is 9.33. The summed E-state index contributed by atoms with van der Waals surface area (Å²) in [6.07, 6.45) is 0. The molecular formula is C20H15ClO4. The summed E-state index contributed by atoms with van der Waals surface area (Å²) >= 11 is 6.25. The monoisotopic (exact) mass is 354 g/mol. The second-order valence-electron chi connectivity index (χ2n) is 5.30. The minimum Gasteiger partial charge on any atom is -0.487 e. The number of rotatable bonds is 6. The van der Waals surface area contributed by atoms with E-state index in [9.17, 15) is 4.79 Å². The molecule has 0 spiro atoms. The Hall–Kier alpha value is -2.98. The maximum Gasteiger partial charge on any atom is 0.335 e. The molecule has 0 aliphatic rings. The van der Waals surface area contributed by atoms with E-state index in [2.05, 4.69) is 0 Å². The highest BCUT2D eigenvalue weighted by atomic mass is 35.5. The third kappa shape index (κ3) is 4.52. The quantitative estimate of drug-likeness (QED) is 0.643. The average molecular weight is 355 g/mol. The molecule has 0 atom stereocenters. The van der Waals surface area contributed by atoms with E-state index in [1.165, 1.54) is 12.1 Å². The van der Waals surface area contributed by atoms with Crippen molar-refractivity contribution in [3.63, 3.8) is 0 Å². The highest BCUT2D eigenvalue weighted by Gasteiger charge is 2.07. The number of ether oxygens (including phenoxy) is 2. The van der Waals surface area contributed by atoms with Crippen LogP contribution in [0, 0.1) is 0 Å². The molecule has 0 bridgehead atoms. The summed E-state index contributed by atoms with van der Waals surface area (Å²) in [5.41, 5.74) is 1.26. The first-order chi connectivity index (χ1) is 12.1. The predicted octanol–water partition coefficient (Wildman–Crippen LogP) is 5.41. The van der Waals surface area contributed by atoms with Gasteiger partial charge in [0.15, 0.2) is 0 Å². The van der Waals surface area contributed by atoms with Crippen LogP contribution in [0.15, 0.2) is 72.8 Å². The van der Waals surface area contributed by atoms with Crippen LogP contribution in [0.25, 0.3) is 0 Å². The zero-order chi connectivity index (χ0) is 17.6. The van der Waals surface area contributed by atoms with Crippen molar-refractivity contribution in [2.24, 2.45) is 0 Å². The highest BCUT2D eigenvalue weighted by molar-refractivity contribution is 6.32. The van der Waals surface area contributed by atoms with Crippen molar-refractivity contribution < 1.29 is 19.4 Å². The van der Waals surface area contributed by atoms with Gasteiger partial charge < -0.3 is 14.6 Å². The molecule has 3 rings (SSSR count). The Balaban J connectivity index is 1.66. The molecule has 0 aliphatic carbocycles. The molecule has 0 fully saturated rings. The van der Waals surface area contributed by atoms with Gasteiger partial charge in [0.2, 0.25) is 0 Å². The lowest BCUT2D eigenvalue weighted by Gasteiger charge is -2.11. The van der Waals surface area contributed by atoms with E-state index in [4.69, 9.17) is 26.2 Å². The summed E-state index contributed by atoms with van der Waals surface area (Å²) in [6, 6.07) is 21.1. The van der Waals surface area contributed by atoms with Gasteiger partial charge in [-0.15, -0.1) is 0 Å². The van der Waals surface area contributed by atoms with Crippen LogP contribution in [0.5, 0.6) is 17.2 Å². The van der Waals surface area contributed by atoms with Gasteiger partial charge in [0, 0.05) is 6.07 Å². The number of hydrogen-bond donors (Lipinski definition) is 1. The summed E-state index contributed by atoms with van der Waals surface area (Å²) in [5.74, 6) is 0.660. The summed E-state index contributed by atoms with van der Waals surface area (Å²) in [4.78, 5) is 10.8. The van der Waals surface area contributed by atoms with Crippen molar-refractivity contribution in [3.8, 4) is 17.2 Å². The van der Waals surface area contributed by atoms with Gasteiger partial charge >= 0.3 is 5.97 Å². The molecule has 3 aromatic rings. The van der Waals surface area contributed by atoms with Crippen LogP contribution in [0.1, 0.15) is 15.9 Å². The SMILES string of the molecule is O=C(O)c1ccc(Oc2ccc(OCc3ccccc3)c(Cl)c2)cc1. The van der Waals surface area contributed by atoms with Gasteiger partial charge in [0.25, 0.3) is 0 Å². The van der Waals surface area contributed by atoms with Gasteiger partial charge in [-0.2, -0.15) is 0 Å². The number of benzene rings is 3. The summed E-state index contributed by atoms with van der Waals surface area (Å²) in [7, 11) is 0. The molecule has 0 radical (unpaired) electrons. The Morgan fingerprint density at radius 1 is 0.920 bits per heavy atom. The maximum absolute atomic E-state index is 10.8. The first-order valence-electron chi connectivity index (χ1n) is 7.59. The predicted molar refractivity (Wildman–Crippen MR) is 95.7 cm³/mol. The first kappa shape index (κ1) is 16.9. The number of carboxylic acids is 1. The third-order valence-corrected chi connectivity index (χ3v) is 3.77. The molecule has 3 aromatic carbocycles. The minimum absolute atomic E-state index is 0.204. The molecule has 5 heteroatoms. The summed E-state index contributed by atoms with van der Waals surface area (Å²) in [6.45, 7) is 0.428. The van der Waals surface area contributed by atoms with Crippen molar-refractivity contribution in [2.45, 2.75) is 6.61 Å². The number of carboxylic acid groups (broad SMARTS) is 1. The van der Waals surface area contributed by atoms with Crippen molar-refractivity contribution >= 4 is 17.6 Å². The lowest BCUT2D eigenvalue weighted by atomic mass is 10.2. The van der Waals surface area contributed by atoms with E-state index < -0.39 is 5.97 Å². The lowest BCUT2D eigenvalue weighted by molar-refractivity contribution is 0.0697. The van der Waals surface area contributed by atoms with Crippen LogP contribution < -0.4 is 9.47 Å². The lowest BCUT2D eigenvalue weighted by Crippen LogP contribution is -1.96. The molecule has 1 N–H and O–H groups in total. The van der Waals surface area contributed by atoms with Gasteiger partial charge in [0.1, 0.15) is 23.9 Å². The molecule has 0 unspecified atom stereocenters. The van der Waals surface area contributed by atoms with Crippen molar-refractivity contribution in [1.29, 1.82) is 0 Å². The zero-order valence-corrected chi connectivity index (χ0v) is 13.9. The van der Waals surface area contributed by atoms with Crippen molar-refractivity contribution in [1.82, 2.24) is 0 Å². The largest absolute Gasteiger partial charge is 0.487 e. The van der Waals surface area contributed by atoms with Crippen LogP contribution >= 0.6 is 11.6 Å². The van der Waals surface area contributed by atoms with Gasteiger partial charge in [-0.1, -0.05) is 41.9 Å². The summed E-state index contributed by atoms with van der Waals surface area (Å²) < 4.78 is 11.4. The van der Waals surface area contributed by atoms with Crippen LogP contribution in [0.3, 0.4) is 0 Å². The number of halogens is 1. The molecule has 126 valence electrons. The molecular weight excluding hydrogens is 340 g/mol. The fraction of sp³-hybridized carbons (Fsp3) is 0.0500. The van der Waals surface area contributed by atoms with E-state index in [-0.39, 0.29) is 5.56 Å². The molecule has 25 heavy (non-hydrogen) atoms. The van der Waals surface area contributed by atoms with Gasteiger partial charge in [-0.25, -0.2) is 4.79 Å². The molecule has 0 saturated heterocycles. The third-order valence-electron chi connectivity index (χ3n) is 3.48.